The maximum absolute atomic E-state index is 13.2. The van der Waals surface area contributed by atoms with Gasteiger partial charge in [0.25, 0.3) is 0 Å². The third kappa shape index (κ3) is 5.05. The van der Waals surface area contributed by atoms with Gasteiger partial charge in [0.1, 0.15) is 37.8 Å². The zero-order valence-corrected chi connectivity index (χ0v) is 16.5. The van der Waals surface area contributed by atoms with Crippen LogP contribution in [0.5, 0.6) is 17.2 Å². The van der Waals surface area contributed by atoms with Crippen LogP contribution in [0.1, 0.15) is 21.8 Å². The minimum atomic E-state index is -1.12. The molecule has 0 saturated heterocycles. The fraction of sp³-hybridized carbons (Fsp3) is 0.263. The summed E-state index contributed by atoms with van der Waals surface area (Å²) in [7, 11) is 7.33. The molecule has 0 aromatic heterocycles. The molecule has 0 aliphatic rings. The number of rotatable bonds is 7. The number of carbonyl (C=O) groups is 2. The molecule has 0 aliphatic heterocycles. The van der Waals surface area contributed by atoms with Crippen LogP contribution < -0.4 is 14.2 Å². The first-order chi connectivity index (χ1) is 13.1. The van der Waals surface area contributed by atoms with Crippen molar-refractivity contribution in [1.82, 2.24) is 0 Å². The van der Waals surface area contributed by atoms with Crippen molar-refractivity contribution in [2.75, 3.05) is 28.4 Å². The van der Waals surface area contributed by atoms with Crippen LogP contribution in [0.2, 0.25) is 0 Å². The molecule has 8 heteroatoms. The predicted molar refractivity (Wildman–Crippen MR) is 101 cm³/mol. The summed E-state index contributed by atoms with van der Waals surface area (Å²) in [5.74, 6) is -1.27. The van der Waals surface area contributed by atoms with E-state index in [-0.39, 0.29) is 17.1 Å². The molecule has 0 aliphatic carbocycles. The van der Waals surface area contributed by atoms with E-state index in [9.17, 15) is 9.59 Å². The molecule has 2 rings (SSSR count). The van der Waals surface area contributed by atoms with Crippen LogP contribution in [0, 0.1) is 0 Å². The molecular weight excluding hydrogens is 371 g/mol. The molecule has 27 heavy (non-hydrogen) atoms. The van der Waals surface area contributed by atoms with Crippen molar-refractivity contribution >= 4 is 20.9 Å². The van der Waals surface area contributed by atoms with Gasteiger partial charge in [-0.15, -0.1) is 0 Å². The normalized spacial score (nSPS) is 10.7. The van der Waals surface area contributed by atoms with Gasteiger partial charge in [0.2, 0.25) is 0 Å². The van der Waals surface area contributed by atoms with E-state index in [2.05, 4.69) is 0 Å². The van der Waals surface area contributed by atoms with Crippen molar-refractivity contribution in [3.8, 4) is 17.2 Å². The number of carbonyl (C=O) groups excluding carboxylic acids is 2. The van der Waals surface area contributed by atoms with Gasteiger partial charge >= 0.3 is 5.97 Å². The summed E-state index contributed by atoms with van der Waals surface area (Å²) in [6.07, 6.45) is 0. The SMILES string of the molecule is COC(=O)C(C(=O)c1c(OC)cc(OC)cc1OC)c1ccccc1.O=P. The molecule has 0 radical (unpaired) electrons. The van der Waals surface area contributed by atoms with E-state index in [4.69, 9.17) is 23.5 Å². The maximum Gasteiger partial charge on any atom is 0.321 e. The highest BCUT2D eigenvalue weighted by Gasteiger charge is 2.34. The van der Waals surface area contributed by atoms with Gasteiger partial charge in [-0.1, -0.05) is 30.3 Å². The number of ketones is 1. The molecule has 0 amide bonds. The summed E-state index contributed by atoms with van der Waals surface area (Å²) in [6, 6.07) is 11.8. The lowest BCUT2D eigenvalue weighted by atomic mass is 9.89. The first-order valence-corrected chi connectivity index (χ1v) is 8.15. The standard InChI is InChI=1S/C19H20O6.HOP/c1-22-13-10-14(23-2)17(15(11-13)24-3)18(20)16(19(21)25-4)12-8-6-5-7-9-12;1-2/h5-11,16H,1-4H3;2H. The van der Waals surface area contributed by atoms with E-state index in [1.54, 1.807) is 51.6 Å². The van der Waals surface area contributed by atoms with Gasteiger partial charge in [-0.3, -0.25) is 14.2 Å². The molecule has 1 atom stereocenters. The average molecular weight is 392 g/mol. The Kier molecular flexibility index (Phi) is 8.96. The summed E-state index contributed by atoms with van der Waals surface area (Å²) in [6.45, 7) is 0. The third-order valence-corrected chi connectivity index (χ3v) is 3.79. The fourth-order valence-electron chi connectivity index (χ4n) is 2.55. The van der Waals surface area contributed by atoms with Gasteiger partial charge in [0.05, 0.1) is 28.4 Å². The van der Waals surface area contributed by atoms with Gasteiger partial charge in [0.15, 0.2) is 5.78 Å². The number of hydrogen-bond acceptors (Lipinski definition) is 7. The zero-order valence-electron chi connectivity index (χ0n) is 15.5. The second-order valence-electron chi connectivity index (χ2n) is 5.14. The molecule has 144 valence electrons. The first-order valence-electron chi connectivity index (χ1n) is 7.74. The Balaban J connectivity index is 0.00000176. The zero-order chi connectivity index (χ0) is 20.4. The van der Waals surface area contributed by atoms with E-state index >= 15 is 0 Å². The van der Waals surface area contributed by atoms with E-state index < -0.39 is 17.7 Å². The quantitative estimate of drug-likeness (QED) is 0.309. The van der Waals surface area contributed by atoms with Crippen LogP contribution in [0.3, 0.4) is 0 Å². The van der Waals surface area contributed by atoms with Crippen molar-refractivity contribution in [1.29, 1.82) is 0 Å². The van der Waals surface area contributed by atoms with Gasteiger partial charge in [-0.05, 0) is 5.56 Å². The largest absolute Gasteiger partial charge is 0.496 e. The monoisotopic (exact) mass is 392 g/mol. The van der Waals surface area contributed by atoms with Gasteiger partial charge in [0, 0.05) is 12.1 Å². The fourth-order valence-corrected chi connectivity index (χ4v) is 2.55. The summed E-state index contributed by atoms with van der Waals surface area (Å²) < 4.78 is 28.7. The summed E-state index contributed by atoms with van der Waals surface area (Å²) >= 11 is 0. The maximum atomic E-state index is 13.2. The van der Waals surface area contributed by atoms with Crippen LogP contribution in [-0.4, -0.2) is 40.2 Å². The highest BCUT2D eigenvalue weighted by Crippen LogP contribution is 2.37. The Morgan fingerprint density at radius 3 is 1.78 bits per heavy atom. The van der Waals surface area contributed by atoms with E-state index in [0.717, 1.165) is 0 Å². The Morgan fingerprint density at radius 2 is 1.37 bits per heavy atom. The van der Waals surface area contributed by atoms with Crippen LogP contribution in [-0.2, 0) is 14.1 Å². The number of esters is 1. The second kappa shape index (κ2) is 10.9. The number of benzene rings is 2. The molecule has 0 fully saturated rings. The van der Waals surface area contributed by atoms with Crippen LogP contribution in [0.4, 0.5) is 0 Å². The lowest BCUT2D eigenvalue weighted by Gasteiger charge is -2.18. The van der Waals surface area contributed by atoms with Gasteiger partial charge < -0.3 is 18.9 Å². The first kappa shape index (κ1) is 22.1. The molecule has 0 N–H and O–H groups in total. The highest BCUT2D eigenvalue weighted by molar-refractivity contribution is 7.00. The van der Waals surface area contributed by atoms with E-state index in [0.29, 0.717) is 11.3 Å². The number of methoxy groups -OCH3 is 4. The van der Waals surface area contributed by atoms with Crippen LogP contribution in [0.15, 0.2) is 42.5 Å². The van der Waals surface area contributed by atoms with Crippen LogP contribution >= 0.6 is 9.12 Å². The summed E-state index contributed by atoms with van der Waals surface area (Å²) in [5.41, 5.74) is 0.685. The van der Waals surface area contributed by atoms with E-state index in [1.807, 2.05) is 0 Å². The van der Waals surface area contributed by atoms with Crippen molar-refractivity contribution in [3.63, 3.8) is 0 Å². The molecule has 2 aromatic rings. The van der Waals surface area contributed by atoms with Crippen molar-refractivity contribution in [2.45, 2.75) is 5.92 Å². The molecule has 1 unspecified atom stereocenters. The molecule has 0 saturated carbocycles. The van der Waals surface area contributed by atoms with Gasteiger partial charge in [-0.2, -0.15) is 0 Å². The Labute approximate surface area is 159 Å². The highest BCUT2D eigenvalue weighted by atomic mass is 31.0. The predicted octanol–water partition coefficient (Wildman–Crippen LogP) is 3.33. The number of hydrogen-bond donors (Lipinski definition) is 0. The van der Waals surface area contributed by atoms with Crippen LogP contribution in [0.25, 0.3) is 0 Å². The summed E-state index contributed by atoms with van der Waals surface area (Å²) in [4.78, 5) is 25.5. The lowest BCUT2D eigenvalue weighted by Crippen LogP contribution is -2.24. The Morgan fingerprint density at radius 1 is 0.852 bits per heavy atom. The number of Topliss-reactive ketones (excluding diaryl/α,β-unsaturated/α-hetero) is 1. The average Bonchev–Trinajstić information content (AvgIpc) is 2.74. The minimum Gasteiger partial charge on any atom is -0.496 e. The molecule has 7 nitrogen and oxygen atoms in total. The Hall–Kier alpha value is -2.92. The third-order valence-electron chi connectivity index (χ3n) is 3.79. The minimum absolute atomic E-state index is 0.157. The second-order valence-corrected chi connectivity index (χ2v) is 5.14. The molecular formula is C19H21O7P. The topological polar surface area (TPSA) is 88.1 Å². The Bertz CT molecular complexity index is 752. The molecule has 0 spiro atoms. The lowest BCUT2D eigenvalue weighted by molar-refractivity contribution is -0.141. The summed E-state index contributed by atoms with van der Waals surface area (Å²) in [5, 5.41) is 0. The smallest absolute Gasteiger partial charge is 0.321 e. The molecule has 2 aromatic carbocycles. The number of ether oxygens (including phenoxy) is 4. The van der Waals surface area contributed by atoms with E-state index in [1.165, 1.54) is 28.4 Å². The molecule has 0 heterocycles. The molecule has 0 bridgehead atoms. The van der Waals surface area contributed by atoms with Crippen molar-refractivity contribution < 1.29 is 33.1 Å². The van der Waals surface area contributed by atoms with Gasteiger partial charge in [-0.25, -0.2) is 0 Å². The van der Waals surface area contributed by atoms with Crippen molar-refractivity contribution in [3.05, 3.63) is 53.6 Å². The van der Waals surface area contributed by atoms with Crippen molar-refractivity contribution in [2.24, 2.45) is 0 Å².